The summed E-state index contributed by atoms with van der Waals surface area (Å²) in [6.45, 7) is 5.15. The van der Waals surface area contributed by atoms with Crippen LogP contribution in [0.3, 0.4) is 0 Å². The van der Waals surface area contributed by atoms with Crippen molar-refractivity contribution in [2.45, 2.75) is 25.8 Å². The van der Waals surface area contributed by atoms with Gasteiger partial charge in [0.05, 0.1) is 11.2 Å². The van der Waals surface area contributed by atoms with Gasteiger partial charge < -0.3 is 11.1 Å². The van der Waals surface area contributed by atoms with Crippen molar-refractivity contribution in [1.82, 2.24) is 15.3 Å². The molecule has 2 aromatic heterocycles. The van der Waals surface area contributed by atoms with Gasteiger partial charge in [0.2, 0.25) is 0 Å². The maximum atomic E-state index is 5.59. The van der Waals surface area contributed by atoms with Gasteiger partial charge in [0.15, 0.2) is 5.13 Å². The van der Waals surface area contributed by atoms with Crippen LogP contribution in [-0.2, 0) is 12.0 Å². The summed E-state index contributed by atoms with van der Waals surface area (Å²) in [5.74, 6) is 0. The molecule has 0 fully saturated rings. The average Bonchev–Trinajstić information content (AvgIpc) is 2.89. The predicted molar refractivity (Wildman–Crippen MR) is 73.4 cm³/mol. The van der Waals surface area contributed by atoms with Crippen molar-refractivity contribution in [3.05, 3.63) is 27.7 Å². The second kappa shape index (κ2) is 5.12. The minimum Gasteiger partial charge on any atom is -0.375 e. The first kappa shape index (κ1) is 12.5. The zero-order valence-corrected chi connectivity index (χ0v) is 11.6. The third kappa shape index (κ3) is 3.24. The third-order valence-electron chi connectivity index (χ3n) is 2.48. The van der Waals surface area contributed by atoms with E-state index in [1.165, 1.54) is 11.3 Å². The summed E-state index contributed by atoms with van der Waals surface area (Å²) in [6.07, 6.45) is 2.73. The maximum absolute atomic E-state index is 5.59. The second-order valence-electron chi connectivity index (χ2n) is 4.32. The lowest BCUT2D eigenvalue weighted by Crippen LogP contribution is -2.37. The van der Waals surface area contributed by atoms with Crippen LogP contribution in [0.25, 0.3) is 0 Å². The van der Waals surface area contributed by atoms with Gasteiger partial charge in [-0.25, -0.2) is 9.97 Å². The van der Waals surface area contributed by atoms with Gasteiger partial charge in [0.25, 0.3) is 0 Å². The topological polar surface area (TPSA) is 63.8 Å². The Balaban J connectivity index is 1.86. The summed E-state index contributed by atoms with van der Waals surface area (Å²) in [5.41, 5.74) is 6.56. The number of rotatable bonds is 5. The number of anilines is 1. The Morgan fingerprint density at radius 1 is 1.41 bits per heavy atom. The third-order valence-corrected chi connectivity index (χ3v) is 4.30. The lowest BCUT2D eigenvalue weighted by Gasteiger charge is -2.23. The van der Waals surface area contributed by atoms with Crippen LogP contribution in [0.4, 0.5) is 5.13 Å². The van der Waals surface area contributed by atoms with E-state index in [4.69, 9.17) is 5.73 Å². The van der Waals surface area contributed by atoms with E-state index in [1.54, 1.807) is 11.3 Å². The number of nitrogens with one attached hydrogen (secondary N) is 1. The van der Waals surface area contributed by atoms with Gasteiger partial charge in [0, 0.05) is 29.9 Å². The van der Waals surface area contributed by atoms with E-state index in [-0.39, 0.29) is 5.54 Å². The highest BCUT2D eigenvalue weighted by Crippen LogP contribution is 2.21. The molecule has 2 aromatic rings. The Kier molecular flexibility index (Phi) is 3.76. The number of hydrogen-bond acceptors (Lipinski definition) is 6. The molecule has 17 heavy (non-hydrogen) atoms. The van der Waals surface area contributed by atoms with Crippen LogP contribution in [0.2, 0.25) is 0 Å². The average molecular weight is 268 g/mol. The molecule has 0 bridgehead atoms. The highest BCUT2D eigenvalue weighted by atomic mass is 32.1. The summed E-state index contributed by atoms with van der Waals surface area (Å²) < 4.78 is 0. The van der Waals surface area contributed by atoms with Gasteiger partial charge in [0.1, 0.15) is 5.01 Å². The largest absolute Gasteiger partial charge is 0.375 e. The van der Waals surface area contributed by atoms with Gasteiger partial charge in [-0.3, -0.25) is 0 Å². The number of nitrogen functional groups attached to an aromatic ring is 1. The highest BCUT2D eigenvalue weighted by Gasteiger charge is 2.22. The molecule has 0 radical (unpaired) electrons. The van der Waals surface area contributed by atoms with Crippen molar-refractivity contribution < 1.29 is 0 Å². The molecule has 6 heteroatoms. The van der Waals surface area contributed by atoms with E-state index < -0.39 is 0 Å². The van der Waals surface area contributed by atoms with Crippen LogP contribution >= 0.6 is 22.7 Å². The van der Waals surface area contributed by atoms with Crippen LogP contribution in [0, 0.1) is 0 Å². The fraction of sp³-hybridized carbons (Fsp3) is 0.455. The molecule has 0 unspecified atom stereocenters. The quantitative estimate of drug-likeness (QED) is 0.873. The number of hydrogen-bond donors (Lipinski definition) is 2. The molecule has 92 valence electrons. The first-order valence-corrected chi connectivity index (χ1v) is 7.19. The van der Waals surface area contributed by atoms with Crippen LogP contribution in [0.15, 0.2) is 17.0 Å². The van der Waals surface area contributed by atoms with Crippen molar-refractivity contribution >= 4 is 27.8 Å². The van der Waals surface area contributed by atoms with Gasteiger partial charge in [-0.2, -0.15) is 0 Å². The highest BCUT2D eigenvalue weighted by molar-refractivity contribution is 7.13. The molecular formula is C11H16N4S2. The zero-order valence-electron chi connectivity index (χ0n) is 9.93. The zero-order chi connectivity index (χ0) is 12.3. The van der Waals surface area contributed by atoms with Crippen molar-refractivity contribution in [3.8, 4) is 0 Å². The molecule has 0 spiro atoms. The predicted octanol–water partition coefficient (Wildman–Crippen LogP) is 2.25. The van der Waals surface area contributed by atoms with Gasteiger partial charge in [-0.1, -0.05) is 0 Å². The van der Waals surface area contributed by atoms with E-state index in [2.05, 4.69) is 29.1 Å². The first-order chi connectivity index (χ1) is 8.08. The Labute approximate surface area is 109 Å². The van der Waals surface area contributed by atoms with Gasteiger partial charge in [-0.15, -0.1) is 22.7 Å². The molecule has 0 aliphatic heterocycles. The monoisotopic (exact) mass is 268 g/mol. The molecule has 2 heterocycles. The van der Waals surface area contributed by atoms with Crippen LogP contribution in [0.1, 0.15) is 24.5 Å². The Morgan fingerprint density at radius 3 is 2.82 bits per heavy atom. The summed E-state index contributed by atoms with van der Waals surface area (Å²) >= 11 is 3.16. The van der Waals surface area contributed by atoms with E-state index >= 15 is 0 Å². The summed E-state index contributed by atoms with van der Waals surface area (Å²) in [5, 5.41) is 9.24. The van der Waals surface area contributed by atoms with Crippen LogP contribution < -0.4 is 11.1 Å². The molecule has 0 amide bonds. The smallest absolute Gasteiger partial charge is 0.180 e. The lowest BCUT2D eigenvalue weighted by atomic mass is 10.1. The van der Waals surface area contributed by atoms with E-state index in [0.29, 0.717) is 5.13 Å². The number of nitrogens with zero attached hydrogens (tertiary/aromatic N) is 2. The number of nitrogens with two attached hydrogens (primary N) is 1. The molecule has 0 aromatic carbocycles. The number of thiazole rings is 2. The molecular weight excluding hydrogens is 252 g/mol. The first-order valence-electron chi connectivity index (χ1n) is 5.43. The fourth-order valence-electron chi connectivity index (χ4n) is 1.55. The van der Waals surface area contributed by atoms with Gasteiger partial charge in [-0.05, 0) is 13.8 Å². The van der Waals surface area contributed by atoms with E-state index in [0.717, 1.165) is 23.7 Å². The molecule has 3 N–H and O–H groups in total. The molecule has 0 aliphatic rings. The Bertz CT molecular complexity index is 462. The lowest BCUT2D eigenvalue weighted by molar-refractivity contribution is 0.404. The van der Waals surface area contributed by atoms with Crippen molar-refractivity contribution in [2.75, 3.05) is 12.3 Å². The standard InChI is InChI=1S/C11H16N4S2/c1-11(2,9-13-5-6-16-9)14-4-3-8-7-17-10(12)15-8/h5-7,14H,3-4H2,1-2H3,(H2,12,15). The minimum absolute atomic E-state index is 0.0876. The van der Waals surface area contributed by atoms with Crippen molar-refractivity contribution in [3.63, 3.8) is 0 Å². The van der Waals surface area contributed by atoms with E-state index in [9.17, 15) is 0 Å². The normalized spacial score (nSPS) is 11.9. The van der Waals surface area contributed by atoms with Crippen molar-refractivity contribution in [1.29, 1.82) is 0 Å². The molecule has 0 saturated heterocycles. The fourth-order valence-corrected chi connectivity index (χ4v) is 2.88. The van der Waals surface area contributed by atoms with Gasteiger partial charge >= 0.3 is 0 Å². The van der Waals surface area contributed by atoms with Crippen LogP contribution in [0.5, 0.6) is 0 Å². The number of aromatic nitrogens is 2. The molecule has 0 aliphatic carbocycles. The summed E-state index contributed by atoms with van der Waals surface area (Å²) in [7, 11) is 0. The Hall–Kier alpha value is -0.980. The summed E-state index contributed by atoms with van der Waals surface area (Å²) in [4.78, 5) is 8.58. The summed E-state index contributed by atoms with van der Waals surface area (Å²) in [6, 6.07) is 0. The minimum atomic E-state index is -0.0876. The van der Waals surface area contributed by atoms with Crippen LogP contribution in [-0.4, -0.2) is 16.5 Å². The molecule has 0 saturated carbocycles. The molecule has 4 nitrogen and oxygen atoms in total. The maximum Gasteiger partial charge on any atom is 0.180 e. The molecule has 0 atom stereocenters. The molecule has 2 rings (SSSR count). The van der Waals surface area contributed by atoms with E-state index in [1.807, 2.05) is 17.0 Å². The van der Waals surface area contributed by atoms with Crippen molar-refractivity contribution in [2.24, 2.45) is 0 Å². The Morgan fingerprint density at radius 2 is 2.24 bits per heavy atom. The second-order valence-corrected chi connectivity index (χ2v) is 6.10. The SMILES string of the molecule is CC(C)(NCCc1csc(N)n1)c1nccs1.